The van der Waals surface area contributed by atoms with E-state index >= 15 is 0 Å². The number of rotatable bonds is 7. The first-order valence-electron chi connectivity index (χ1n) is 10.3. The van der Waals surface area contributed by atoms with Crippen molar-refractivity contribution < 1.29 is 14.3 Å². The largest absolute Gasteiger partial charge is 0.497 e. The zero-order chi connectivity index (χ0) is 21.6. The number of ether oxygens (including phenoxy) is 2. The third-order valence-corrected chi connectivity index (χ3v) is 6.04. The van der Waals surface area contributed by atoms with Crippen molar-refractivity contribution in [1.82, 2.24) is 14.9 Å². The fourth-order valence-corrected chi connectivity index (χ4v) is 4.17. The maximum Gasteiger partial charge on any atom is 0.223 e. The van der Waals surface area contributed by atoms with E-state index in [0.29, 0.717) is 32.5 Å². The Morgan fingerprint density at radius 1 is 1.26 bits per heavy atom. The van der Waals surface area contributed by atoms with Gasteiger partial charge >= 0.3 is 0 Å². The van der Waals surface area contributed by atoms with Crippen LogP contribution in [-0.4, -0.2) is 47.6 Å². The van der Waals surface area contributed by atoms with Crippen molar-refractivity contribution in [1.29, 1.82) is 0 Å². The number of methoxy groups -OCH3 is 1. The van der Waals surface area contributed by atoms with Crippen molar-refractivity contribution in [3.8, 4) is 5.75 Å². The molecule has 1 saturated heterocycles. The van der Waals surface area contributed by atoms with Crippen LogP contribution < -0.4 is 10.1 Å². The fraction of sp³-hybridized carbons (Fsp3) is 0.348. The van der Waals surface area contributed by atoms with Crippen LogP contribution in [0.25, 0.3) is 0 Å². The number of pyridine rings is 1. The number of morpholine rings is 1. The van der Waals surface area contributed by atoms with E-state index in [1.54, 1.807) is 18.4 Å². The van der Waals surface area contributed by atoms with Crippen LogP contribution >= 0.6 is 11.3 Å². The van der Waals surface area contributed by atoms with Crippen LogP contribution in [0.15, 0.2) is 47.8 Å². The summed E-state index contributed by atoms with van der Waals surface area (Å²) in [4.78, 5) is 23.8. The van der Waals surface area contributed by atoms with E-state index in [0.717, 1.165) is 33.7 Å². The van der Waals surface area contributed by atoms with Crippen LogP contribution in [0, 0.1) is 6.92 Å². The van der Waals surface area contributed by atoms with E-state index in [-0.39, 0.29) is 12.0 Å². The molecule has 8 heteroatoms. The minimum absolute atomic E-state index is 0.136. The number of aromatic nitrogens is 2. The molecule has 4 rings (SSSR count). The second-order valence-electron chi connectivity index (χ2n) is 7.41. The Morgan fingerprint density at radius 2 is 2.10 bits per heavy atom. The molecule has 0 saturated carbocycles. The molecule has 0 bridgehead atoms. The molecular weight excluding hydrogens is 412 g/mol. The van der Waals surface area contributed by atoms with Gasteiger partial charge in [-0.05, 0) is 43.2 Å². The van der Waals surface area contributed by atoms with Crippen LogP contribution in [0.4, 0.5) is 10.9 Å². The molecule has 1 aromatic carbocycles. The van der Waals surface area contributed by atoms with Crippen LogP contribution in [0.3, 0.4) is 0 Å². The molecule has 1 N–H and O–H groups in total. The van der Waals surface area contributed by atoms with Crippen LogP contribution in [0.2, 0.25) is 0 Å². The normalized spacial score (nSPS) is 16.2. The summed E-state index contributed by atoms with van der Waals surface area (Å²) in [5.74, 6) is 1.68. The van der Waals surface area contributed by atoms with Gasteiger partial charge in [-0.1, -0.05) is 18.2 Å². The van der Waals surface area contributed by atoms with Gasteiger partial charge in [0, 0.05) is 18.3 Å². The van der Waals surface area contributed by atoms with Gasteiger partial charge in [-0.2, -0.15) is 0 Å². The Bertz CT molecular complexity index is 1020. The number of benzene rings is 1. The number of nitrogens with one attached hydrogen (secondary N) is 1. The highest BCUT2D eigenvalue weighted by molar-refractivity contribution is 7.13. The standard InChI is InChI=1S/C23H26N4O3S/c1-16-15-31-23(24-16)26-21-5-3-4-19(25-21)20-14-27(12-13-30-20)22(28)11-8-17-6-9-18(29-2)10-7-17/h3-7,9-10,15,20H,8,11-14H2,1-2H3,(H,24,25,26)/t20-/m0/s1. The molecule has 1 atom stereocenters. The highest BCUT2D eigenvalue weighted by Gasteiger charge is 2.26. The number of aryl methyl sites for hydroxylation is 2. The van der Waals surface area contributed by atoms with Gasteiger partial charge in [0.1, 0.15) is 17.7 Å². The fourth-order valence-electron chi connectivity index (χ4n) is 3.48. The third-order valence-electron chi connectivity index (χ3n) is 5.16. The second kappa shape index (κ2) is 9.89. The summed E-state index contributed by atoms with van der Waals surface area (Å²) in [7, 11) is 1.65. The van der Waals surface area contributed by atoms with Crippen molar-refractivity contribution in [2.75, 3.05) is 32.1 Å². The number of thiazole rings is 1. The molecule has 162 valence electrons. The summed E-state index contributed by atoms with van der Waals surface area (Å²) < 4.78 is 11.1. The summed E-state index contributed by atoms with van der Waals surface area (Å²) >= 11 is 1.54. The third kappa shape index (κ3) is 5.59. The summed E-state index contributed by atoms with van der Waals surface area (Å²) in [6, 6.07) is 13.6. The van der Waals surface area contributed by atoms with Crippen molar-refractivity contribution >= 4 is 28.2 Å². The van der Waals surface area contributed by atoms with Gasteiger partial charge in [-0.3, -0.25) is 4.79 Å². The zero-order valence-electron chi connectivity index (χ0n) is 17.7. The smallest absolute Gasteiger partial charge is 0.223 e. The van der Waals surface area contributed by atoms with Gasteiger partial charge in [0.05, 0.1) is 31.6 Å². The van der Waals surface area contributed by atoms with Crippen LogP contribution in [0.5, 0.6) is 5.75 Å². The van der Waals surface area contributed by atoms with Crippen molar-refractivity contribution in [2.45, 2.75) is 25.9 Å². The molecule has 1 amide bonds. The number of carbonyl (C=O) groups is 1. The van der Waals surface area contributed by atoms with E-state index in [2.05, 4.69) is 15.3 Å². The number of amides is 1. The summed E-state index contributed by atoms with van der Waals surface area (Å²) in [6.45, 7) is 3.58. The molecular formula is C23H26N4O3S. The topological polar surface area (TPSA) is 76.6 Å². The van der Waals surface area contributed by atoms with Crippen LogP contribution in [0.1, 0.15) is 29.5 Å². The highest BCUT2D eigenvalue weighted by atomic mass is 32.1. The summed E-state index contributed by atoms with van der Waals surface area (Å²) in [5, 5.41) is 6.04. The molecule has 1 aliphatic heterocycles. The lowest BCUT2D eigenvalue weighted by Crippen LogP contribution is -2.42. The SMILES string of the molecule is COc1ccc(CCC(=O)N2CCO[C@H](c3cccc(Nc4nc(C)cs4)n3)C2)cc1. The molecule has 0 radical (unpaired) electrons. The lowest BCUT2D eigenvalue weighted by atomic mass is 10.1. The molecule has 3 aromatic rings. The average Bonchev–Trinajstić information content (AvgIpc) is 3.22. The summed E-state index contributed by atoms with van der Waals surface area (Å²) in [5.41, 5.74) is 2.91. The first-order chi connectivity index (χ1) is 15.1. The minimum atomic E-state index is -0.238. The Morgan fingerprint density at radius 3 is 2.84 bits per heavy atom. The van der Waals surface area contributed by atoms with Gasteiger partial charge in [0.15, 0.2) is 5.13 Å². The zero-order valence-corrected chi connectivity index (χ0v) is 18.5. The van der Waals surface area contributed by atoms with Gasteiger partial charge in [-0.25, -0.2) is 9.97 Å². The second-order valence-corrected chi connectivity index (χ2v) is 8.27. The first kappa shape index (κ1) is 21.3. The lowest BCUT2D eigenvalue weighted by molar-refractivity contribution is -0.139. The van der Waals surface area contributed by atoms with E-state index in [1.165, 1.54) is 0 Å². The monoisotopic (exact) mass is 438 g/mol. The molecule has 0 unspecified atom stereocenters. The number of hydrogen-bond donors (Lipinski definition) is 1. The molecule has 31 heavy (non-hydrogen) atoms. The van der Waals surface area contributed by atoms with Gasteiger partial charge in [-0.15, -0.1) is 11.3 Å². The quantitative estimate of drug-likeness (QED) is 0.598. The molecule has 1 aliphatic rings. The number of hydrogen-bond acceptors (Lipinski definition) is 7. The Hall–Kier alpha value is -2.97. The van der Waals surface area contributed by atoms with Crippen molar-refractivity contribution in [3.05, 3.63) is 64.8 Å². The highest BCUT2D eigenvalue weighted by Crippen LogP contribution is 2.25. The number of anilines is 2. The first-order valence-corrected chi connectivity index (χ1v) is 11.2. The van der Waals surface area contributed by atoms with E-state index in [4.69, 9.17) is 9.47 Å². The predicted octanol–water partition coefficient (Wildman–Crippen LogP) is 4.13. The molecule has 0 spiro atoms. The molecule has 3 heterocycles. The van der Waals surface area contributed by atoms with Gasteiger partial charge < -0.3 is 19.7 Å². The molecule has 0 aliphatic carbocycles. The average molecular weight is 439 g/mol. The van der Waals surface area contributed by atoms with E-state index < -0.39 is 0 Å². The van der Waals surface area contributed by atoms with Crippen molar-refractivity contribution in [2.24, 2.45) is 0 Å². The van der Waals surface area contributed by atoms with Gasteiger partial charge in [0.25, 0.3) is 0 Å². The van der Waals surface area contributed by atoms with Crippen molar-refractivity contribution in [3.63, 3.8) is 0 Å². The Balaban J connectivity index is 1.35. The molecule has 7 nitrogen and oxygen atoms in total. The number of nitrogens with zero attached hydrogens (tertiary/aromatic N) is 3. The maximum atomic E-state index is 12.8. The van der Waals surface area contributed by atoms with E-state index in [9.17, 15) is 4.79 Å². The summed E-state index contributed by atoms with van der Waals surface area (Å²) in [6.07, 6.45) is 0.936. The number of carbonyl (C=O) groups excluding carboxylic acids is 1. The lowest BCUT2D eigenvalue weighted by Gasteiger charge is -2.33. The Labute approximate surface area is 186 Å². The molecule has 1 fully saturated rings. The Kier molecular flexibility index (Phi) is 6.79. The molecule has 2 aromatic heterocycles. The predicted molar refractivity (Wildman–Crippen MR) is 121 cm³/mol. The van der Waals surface area contributed by atoms with E-state index in [1.807, 2.05) is 59.7 Å². The maximum absolute atomic E-state index is 12.8. The van der Waals surface area contributed by atoms with Gasteiger partial charge in [0.2, 0.25) is 5.91 Å². The van der Waals surface area contributed by atoms with Crippen LogP contribution in [-0.2, 0) is 16.0 Å². The minimum Gasteiger partial charge on any atom is -0.497 e.